The Morgan fingerprint density at radius 2 is 2.28 bits per heavy atom. The molecule has 3 nitrogen and oxygen atoms in total. The Hall–Kier alpha value is -0.940. The summed E-state index contributed by atoms with van der Waals surface area (Å²) in [5.74, 6) is -0.744. The summed E-state index contributed by atoms with van der Waals surface area (Å²) in [6.07, 6.45) is -0.0306. The lowest BCUT2D eigenvalue weighted by atomic mass is 10.1. The van der Waals surface area contributed by atoms with Gasteiger partial charge in [-0.3, -0.25) is 4.79 Å². The van der Waals surface area contributed by atoms with E-state index < -0.39 is 5.82 Å². The molecule has 0 spiro atoms. The van der Waals surface area contributed by atoms with E-state index in [1.807, 2.05) is 6.92 Å². The van der Waals surface area contributed by atoms with Crippen LogP contribution in [-0.4, -0.2) is 41.4 Å². The lowest BCUT2D eigenvalue weighted by Gasteiger charge is -2.37. The smallest absolute Gasteiger partial charge is 0.257 e. The molecule has 2 unspecified atom stereocenters. The van der Waals surface area contributed by atoms with Crippen LogP contribution in [0.15, 0.2) is 24.3 Å². The van der Waals surface area contributed by atoms with Crippen molar-refractivity contribution in [3.05, 3.63) is 35.6 Å². The Morgan fingerprint density at radius 1 is 1.56 bits per heavy atom. The topological polar surface area (TPSA) is 29.5 Å². The van der Waals surface area contributed by atoms with Crippen molar-refractivity contribution in [3.8, 4) is 0 Å². The number of morpholine rings is 1. The van der Waals surface area contributed by atoms with E-state index in [1.54, 1.807) is 17.0 Å². The molecule has 2 rings (SSSR count). The largest absolute Gasteiger partial charge is 0.373 e. The molecule has 0 saturated carbocycles. The summed E-state index contributed by atoms with van der Waals surface area (Å²) in [5.41, 5.74) is 0.125. The predicted molar refractivity (Wildman–Crippen MR) is 70.4 cm³/mol. The molecule has 1 aromatic rings. The zero-order valence-corrected chi connectivity index (χ0v) is 11.7. The second kappa shape index (κ2) is 5.80. The lowest BCUT2D eigenvalue weighted by Crippen LogP contribution is -2.51. The first-order chi connectivity index (χ1) is 8.63. The second-order valence-corrected chi connectivity index (χ2v) is 5.04. The van der Waals surface area contributed by atoms with Crippen molar-refractivity contribution in [2.45, 2.75) is 19.1 Å². The zero-order chi connectivity index (χ0) is 13.1. The number of carbonyl (C=O) groups is 1. The molecule has 1 aliphatic rings. The van der Waals surface area contributed by atoms with Crippen molar-refractivity contribution in [2.75, 3.05) is 18.5 Å². The van der Waals surface area contributed by atoms with Crippen molar-refractivity contribution < 1.29 is 13.9 Å². The van der Waals surface area contributed by atoms with Gasteiger partial charge in [0.1, 0.15) is 5.82 Å². The van der Waals surface area contributed by atoms with Crippen molar-refractivity contribution in [1.82, 2.24) is 4.90 Å². The third-order valence-electron chi connectivity index (χ3n) is 3.04. The number of nitrogens with zero attached hydrogens (tertiary/aromatic N) is 1. The van der Waals surface area contributed by atoms with Crippen molar-refractivity contribution in [2.24, 2.45) is 0 Å². The lowest BCUT2D eigenvalue weighted by molar-refractivity contribution is -0.0363. The molecule has 1 amide bonds. The van der Waals surface area contributed by atoms with Crippen molar-refractivity contribution in [1.29, 1.82) is 0 Å². The van der Waals surface area contributed by atoms with Gasteiger partial charge in [0.25, 0.3) is 5.91 Å². The van der Waals surface area contributed by atoms with Crippen LogP contribution in [0.4, 0.5) is 4.39 Å². The third-order valence-corrected chi connectivity index (χ3v) is 3.76. The minimum absolute atomic E-state index is 0.0306. The Labute approximate surface area is 114 Å². The number of hydrogen-bond donors (Lipinski definition) is 0. The maximum absolute atomic E-state index is 13.6. The van der Waals surface area contributed by atoms with Crippen LogP contribution in [0.3, 0.4) is 0 Å². The molecule has 1 aromatic carbocycles. The molecule has 0 aliphatic carbocycles. The van der Waals surface area contributed by atoms with E-state index in [0.717, 1.165) is 0 Å². The summed E-state index contributed by atoms with van der Waals surface area (Å²) in [5, 5.41) is 0.667. The van der Waals surface area contributed by atoms with Crippen LogP contribution in [0.1, 0.15) is 17.3 Å². The number of hydrogen-bond acceptors (Lipinski definition) is 2. The quantitative estimate of drug-likeness (QED) is 0.785. The number of rotatable bonds is 2. The summed E-state index contributed by atoms with van der Waals surface area (Å²) >= 11 is 3.34. The first-order valence-electron chi connectivity index (χ1n) is 5.86. The maximum Gasteiger partial charge on any atom is 0.257 e. The van der Waals surface area contributed by atoms with E-state index in [0.29, 0.717) is 18.5 Å². The van der Waals surface area contributed by atoms with E-state index in [2.05, 4.69) is 15.9 Å². The number of benzene rings is 1. The van der Waals surface area contributed by atoms with Crippen molar-refractivity contribution in [3.63, 3.8) is 0 Å². The van der Waals surface area contributed by atoms with Crippen molar-refractivity contribution >= 4 is 21.8 Å². The molecular weight excluding hydrogens is 301 g/mol. The third kappa shape index (κ3) is 2.72. The summed E-state index contributed by atoms with van der Waals surface area (Å²) in [4.78, 5) is 14.0. The van der Waals surface area contributed by atoms with Gasteiger partial charge < -0.3 is 9.64 Å². The highest BCUT2D eigenvalue weighted by Crippen LogP contribution is 2.18. The van der Waals surface area contributed by atoms with E-state index in [1.165, 1.54) is 12.1 Å². The van der Waals surface area contributed by atoms with Gasteiger partial charge in [0.2, 0.25) is 0 Å². The average molecular weight is 316 g/mol. The number of carbonyl (C=O) groups excluding carboxylic acids is 1. The second-order valence-electron chi connectivity index (χ2n) is 4.40. The molecule has 1 fully saturated rings. The van der Waals surface area contributed by atoms with Gasteiger partial charge >= 0.3 is 0 Å². The van der Waals surface area contributed by atoms with E-state index in [9.17, 15) is 9.18 Å². The standard InChI is InChI=1S/C13H15BrFNO2/c1-9-8-18-10(6-14)7-16(9)13(17)11-4-2-3-5-12(11)15/h2-5,9-10H,6-8H2,1H3. The van der Waals surface area contributed by atoms with Gasteiger partial charge in [-0.2, -0.15) is 0 Å². The Morgan fingerprint density at radius 3 is 2.94 bits per heavy atom. The van der Waals surface area contributed by atoms with Crippen LogP contribution in [-0.2, 0) is 4.74 Å². The Balaban J connectivity index is 2.19. The van der Waals surface area contributed by atoms with E-state index in [-0.39, 0.29) is 23.6 Å². The highest BCUT2D eigenvalue weighted by atomic mass is 79.9. The SMILES string of the molecule is CC1COC(CBr)CN1C(=O)c1ccccc1F. The summed E-state index contributed by atoms with van der Waals surface area (Å²) in [7, 11) is 0. The molecule has 18 heavy (non-hydrogen) atoms. The molecule has 0 aromatic heterocycles. The van der Waals surface area contributed by atoms with Gasteiger partial charge in [-0.15, -0.1) is 0 Å². The van der Waals surface area contributed by atoms with Gasteiger partial charge in [0.15, 0.2) is 0 Å². The molecule has 0 radical (unpaired) electrons. The summed E-state index contributed by atoms with van der Waals surface area (Å²) in [6.45, 7) is 2.87. The molecule has 1 saturated heterocycles. The molecule has 0 N–H and O–H groups in total. The molecule has 2 atom stereocenters. The molecule has 1 heterocycles. The number of amides is 1. The minimum atomic E-state index is -0.475. The van der Waals surface area contributed by atoms with Gasteiger partial charge in [-0.1, -0.05) is 28.1 Å². The summed E-state index contributed by atoms with van der Waals surface area (Å²) < 4.78 is 19.2. The number of alkyl halides is 1. The fraction of sp³-hybridized carbons (Fsp3) is 0.462. The molecule has 1 aliphatic heterocycles. The fourth-order valence-corrected chi connectivity index (χ4v) is 2.37. The average Bonchev–Trinajstić information content (AvgIpc) is 2.39. The highest BCUT2D eigenvalue weighted by molar-refractivity contribution is 9.09. The van der Waals surface area contributed by atoms with Crippen LogP contribution in [0.25, 0.3) is 0 Å². The van der Waals surface area contributed by atoms with E-state index >= 15 is 0 Å². The van der Waals surface area contributed by atoms with Gasteiger partial charge in [-0.25, -0.2) is 4.39 Å². The van der Waals surface area contributed by atoms with Crippen LogP contribution in [0.2, 0.25) is 0 Å². The van der Waals surface area contributed by atoms with Crippen LogP contribution in [0, 0.1) is 5.82 Å². The zero-order valence-electron chi connectivity index (χ0n) is 10.1. The predicted octanol–water partition coefficient (Wildman–Crippen LogP) is 2.45. The number of halogens is 2. The Bertz CT molecular complexity index is 441. The van der Waals surface area contributed by atoms with Crippen LogP contribution in [0.5, 0.6) is 0 Å². The summed E-state index contributed by atoms with van der Waals surface area (Å²) in [6, 6.07) is 6.04. The van der Waals surface area contributed by atoms with E-state index in [4.69, 9.17) is 4.74 Å². The van der Waals surface area contributed by atoms with Gasteiger partial charge in [0.05, 0.1) is 24.3 Å². The minimum Gasteiger partial charge on any atom is -0.373 e. The van der Waals surface area contributed by atoms with Gasteiger partial charge in [0, 0.05) is 11.9 Å². The highest BCUT2D eigenvalue weighted by Gasteiger charge is 2.30. The Kier molecular flexibility index (Phi) is 4.35. The fourth-order valence-electron chi connectivity index (χ4n) is 1.98. The molecule has 0 bridgehead atoms. The molecular formula is C13H15BrFNO2. The first-order valence-corrected chi connectivity index (χ1v) is 6.98. The monoisotopic (exact) mass is 315 g/mol. The molecule has 5 heteroatoms. The maximum atomic E-state index is 13.6. The van der Waals surface area contributed by atoms with Crippen LogP contribution < -0.4 is 0 Å². The first kappa shape index (κ1) is 13.5. The van der Waals surface area contributed by atoms with Crippen LogP contribution >= 0.6 is 15.9 Å². The van der Waals surface area contributed by atoms with Gasteiger partial charge in [-0.05, 0) is 19.1 Å². The molecule has 98 valence electrons. The number of ether oxygens (including phenoxy) is 1. The normalized spacial score (nSPS) is 24.1.